The second-order valence-corrected chi connectivity index (χ2v) is 10.2. The van der Waals surface area contributed by atoms with Crippen LogP contribution in [0.15, 0.2) is 53.9 Å². The monoisotopic (exact) mass is 537 g/mol. The van der Waals surface area contributed by atoms with Crippen molar-refractivity contribution in [1.29, 1.82) is 0 Å². The van der Waals surface area contributed by atoms with Crippen LogP contribution in [-0.4, -0.2) is 35.5 Å². The number of ether oxygens (including phenoxy) is 1. The number of benzene rings is 2. The molecule has 37 heavy (non-hydrogen) atoms. The number of nitrogens with zero attached hydrogens (tertiary/aromatic N) is 1. The topological polar surface area (TPSA) is 80.3 Å². The van der Waals surface area contributed by atoms with Gasteiger partial charge in [-0.3, -0.25) is 9.59 Å². The lowest BCUT2D eigenvalue weighted by atomic mass is 9.97. The molecule has 0 aliphatic carbocycles. The van der Waals surface area contributed by atoms with Gasteiger partial charge in [-0.15, -0.1) is 11.3 Å². The van der Waals surface area contributed by atoms with E-state index in [0.29, 0.717) is 17.1 Å². The highest BCUT2D eigenvalue weighted by Gasteiger charge is 2.19. The van der Waals surface area contributed by atoms with Gasteiger partial charge in [-0.25, -0.2) is 4.98 Å². The Morgan fingerprint density at radius 3 is 2.54 bits per heavy atom. The standard InChI is InChI=1S/C29H35N3O3S2/c1-4-9-22(10-8-13-26(36)30-18-27(33)35-3)29-32-25(19-37-29)28(34)31-24-12-7-6-11-23(24)21-16-14-20(5-2)15-17-21/h6-7,11-12,14-17,19,22H,4-5,8-10,13,18H2,1-3H3,(H,30,36)(H,31,34). The zero-order valence-corrected chi connectivity index (χ0v) is 23.3. The third-order valence-electron chi connectivity index (χ3n) is 6.20. The molecule has 3 aromatic rings. The fraction of sp³-hybridized carbons (Fsp3) is 0.379. The minimum absolute atomic E-state index is 0.0891. The van der Waals surface area contributed by atoms with E-state index in [2.05, 4.69) is 53.5 Å². The van der Waals surface area contributed by atoms with Gasteiger partial charge in [0.2, 0.25) is 0 Å². The van der Waals surface area contributed by atoms with E-state index in [0.717, 1.165) is 53.9 Å². The summed E-state index contributed by atoms with van der Waals surface area (Å²) in [5, 5.41) is 8.82. The molecule has 0 saturated carbocycles. The van der Waals surface area contributed by atoms with Crippen molar-refractivity contribution in [1.82, 2.24) is 10.3 Å². The number of hydrogen-bond donors (Lipinski definition) is 2. The van der Waals surface area contributed by atoms with E-state index in [4.69, 9.17) is 17.2 Å². The predicted molar refractivity (Wildman–Crippen MR) is 155 cm³/mol. The average molecular weight is 538 g/mol. The van der Waals surface area contributed by atoms with Gasteiger partial charge in [-0.05, 0) is 49.3 Å². The number of thiazole rings is 1. The third-order valence-corrected chi connectivity index (χ3v) is 7.56. The number of carbonyl (C=O) groups excluding carboxylic acids is 2. The Kier molecular flexibility index (Phi) is 11.2. The summed E-state index contributed by atoms with van der Waals surface area (Å²) in [6, 6.07) is 16.3. The number of para-hydroxylation sites is 1. The van der Waals surface area contributed by atoms with Gasteiger partial charge < -0.3 is 15.4 Å². The number of thiocarbonyl (C=S) groups is 1. The quantitative estimate of drug-likeness (QED) is 0.185. The molecule has 8 heteroatoms. The first kappa shape index (κ1) is 28.5. The number of anilines is 1. The molecule has 0 fully saturated rings. The number of carbonyl (C=O) groups is 2. The molecule has 0 aliphatic rings. The van der Waals surface area contributed by atoms with Crippen molar-refractivity contribution in [2.45, 2.75) is 58.3 Å². The van der Waals surface area contributed by atoms with Crippen molar-refractivity contribution in [3.05, 3.63) is 70.2 Å². The lowest BCUT2D eigenvalue weighted by Crippen LogP contribution is -2.28. The summed E-state index contributed by atoms with van der Waals surface area (Å²) < 4.78 is 4.63. The molecule has 2 N–H and O–H groups in total. The Balaban J connectivity index is 1.63. The van der Waals surface area contributed by atoms with Crippen molar-refractivity contribution >= 4 is 46.1 Å². The molecule has 2 aromatic carbocycles. The van der Waals surface area contributed by atoms with Gasteiger partial charge in [0.15, 0.2) is 0 Å². The van der Waals surface area contributed by atoms with Gasteiger partial charge in [0.1, 0.15) is 12.2 Å². The summed E-state index contributed by atoms with van der Waals surface area (Å²) in [6.07, 6.45) is 5.50. The van der Waals surface area contributed by atoms with E-state index in [-0.39, 0.29) is 24.3 Å². The van der Waals surface area contributed by atoms with Gasteiger partial charge in [0, 0.05) is 22.5 Å². The van der Waals surface area contributed by atoms with Crippen LogP contribution in [0.2, 0.25) is 0 Å². The number of hydrogen-bond acceptors (Lipinski definition) is 6. The average Bonchev–Trinajstić information content (AvgIpc) is 3.42. The van der Waals surface area contributed by atoms with Gasteiger partial charge in [-0.2, -0.15) is 0 Å². The lowest BCUT2D eigenvalue weighted by Gasteiger charge is -2.14. The molecule has 1 aromatic heterocycles. The van der Waals surface area contributed by atoms with Crippen molar-refractivity contribution < 1.29 is 14.3 Å². The van der Waals surface area contributed by atoms with Gasteiger partial charge >= 0.3 is 5.97 Å². The Hall–Kier alpha value is -3.10. The molecule has 196 valence electrons. The summed E-state index contributed by atoms with van der Waals surface area (Å²) in [5.74, 6) is -0.273. The van der Waals surface area contributed by atoms with Gasteiger partial charge in [0.25, 0.3) is 5.91 Å². The highest BCUT2D eigenvalue weighted by molar-refractivity contribution is 7.80. The third kappa shape index (κ3) is 8.47. The molecule has 3 rings (SSSR count). The number of aromatic nitrogens is 1. The highest BCUT2D eigenvalue weighted by Crippen LogP contribution is 2.31. The second kappa shape index (κ2) is 14.6. The van der Waals surface area contributed by atoms with Crippen molar-refractivity contribution in [2.75, 3.05) is 19.0 Å². The Bertz CT molecular complexity index is 1190. The van der Waals surface area contributed by atoms with Crippen LogP contribution >= 0.6 is 23.6 Å². The largest absolute Gasteiger partial charge is 0.468 e. The second-order valence-electron chi connectivity index (χ2n) is 8.85. The van der Waals surface area contributed by atoms with Crippen LogP contribution in [0.1, 0.15) is 72.9 Å². The molecule has 0 spiro atoms. The van der Waals surface area contributed by atoms with Crippen LogP contribution in [0.3, 0.4) is 0 Å². The zero-order chi connectivity index (χ0) is 26.6. The first-order chi connectivity index (χ1) is 17.9. The molecular formula is C29H35N3O3S2. The Morgan fingerprint density at radius 2 is 1.84 bits per heavy atom. The number of amides is 1. The maximum atomic E-state index is 13.1. The van der Waals surface area contributed by atoms with Crippen molar-refractivity contribution in [2.24, 2.45) is 0 Å². The minimum atomic E-state index is -0.336. The molecule has 1 amide bonds. The van der Waals surface area contributed by atoms with Crippen molar-refractivity contribution in [3.63, 3.8) is 0 Å². The first-order valence-electron chi connectivity index (χ1n) is 12.7. The van der Waals surface area contributed by atoms with Gasteiger partial charge in [-0.1, -0.05) is 75.0 Å². The SMILES string of the molecule is CCCC(CCCC(=S)NCC(=O)OC)c1nc(C(=O)Nc2ccccc2-c2ccc(CC)cc2)cs1. The van der Waals surface area contributed by atoms with E-state index in [9.17, 15) is 9.59 Å². The number of aryl methyl sites for hydroxylation is 1. The smallest absolute Gasteiger partial charge is 0.325 e. The molecule has 6 nitrogen and oxygen atoms in total. The number of rotatable bonds is 13. The Labute approximate surface area is 228 Å². The van der Waals surface area contributed by atoms with Crippen molar-refractivity contribution in [3.8, 4) is 11.1 Å². The fourth-order valence-corrected chi connectivity index (χ4v) is 5.30. The number of esters is 1. The van der Waals surface area contributed by atoms with Gasteiger partial charge in [0.05, 0.1) is 17.1 Å². The van der Waals surface area contributed by atoms with Crippen LogP contribution in [0.25, 0.3) is 11.1 Å². The molecule has 1 unspecified atom stereocenters. The van der Waals surface area contributed by atoms with E-state index < -0.39 is 0 Å². The lowest BCUT2D eigenvalue weighted by molar-refractivity contribution is -0.139. The van der Waals surface area contributed by atoms with Crippen LogP contribution in [0.5, 0.6) is 0 Å². The van der Waals surface area contributed by atoms with Crippen LogP contribution < -0.4 is 10.6 Å². The van der Waals surface area contributed by atoms with E-state index in [1.807, 2.05) is 29.6 Å². The molecule has 0 saturated heterocycles. The molecule has 0 bridgehead atoms. The van der Waals surface area contributed by atoms with Crippen LogP contribution in [0.4, 0.5) is 5.69 Å². The molecule has 1 atom stereocenters. The minimum Gasteiger partial charge on any atom is -0.468 e. The molecular weight excluding hydrogens is 502 g/mol. The summed E-state index contributed by atoms with van der Waals surface area (Å²) >= 11 is 6.86. The highest BCUT2D eigenvalue weighted by atomic mass is 32.1. The molecule has 0 aliphatic heterocycles. The summed E-state index contributed by atoms with van der Waals surface area (Å²) in [7, 11) is 1.36. The number of nitrogens with one attached hydrogen (secondary N) is 2. The summed E-state index contributed by atoms with van der Waals surface area (Å²) in [6.45, 7) is 4.38. The normalized spacial score (nSPS) is 11.5. The van der Waals surface area contributed by atoms with Crippen LogP contribution in [-0.2, 0) is 16.0 Å². The fourth-order valence-electron chi connectivity index (χ4n) is 4.11. The maximum absolute atomic E-state index is 13.1. The molecule has 0 radical (unpaired) electrons. The van der Waals surface area contributed by atoms with E-state index in [1.54, 1.807) is 0 Å². The van der Waals surface area contributed by atoms with E-state index >= 15 is 0 Å². The Morgan fingerprint density at radius 1 is 1.08 bits per heavy atom. The predicted octanol–water partition coefficient (Wildman–Crippen LogP) is 6.77. The maximum Gasteiger partial charge on any atom is 0.325 e. The van der Waals surface area contributed by atoms with E-state index in [1.165, 1.54) is 24.0 Å². The summed E-state index contributed by atoms with van der Waals surface area (Å²) in [4.78, 5) is 29.8. The number of methoxy groups -OCH3 is 1. The first-order valence-corrected chi connectivity index (χ1v) is 14.0. The zero-order valence-electron chi connectivity index (χ0n) is 21.7. The molecule has 1 heterocycles. The summed E-state index contributed by atoms with van der Waals surface area (Å²) in [5.41, 5.74) is 4.53. The van der Waals surface area contributed by atoms with Crippen LogP contribution in [0, 0.1) is 0 Å².